The van der Waals surface area contributed by atoms with Gasteiger partial charge < -0.3 is 19.5 Å². The van der Waals surface area contributed by atoms with Crippen LogP contribution in [0.3, 0.4) is 0 Å². The molecular formula is C16H20FNO4. The van der Waals surface area contributed by atoms with E-state index in [9.17, 15) is 14.3 Å². The molecule has 3 rings (SSSR count). The molecule has 5 nitrogen and oxygen atoms in total. The summed E-state index contributed by atoms with van der Waals surface area (Å²) in [6.45, 7) is 1.43. The van der Waals surface area contributed by atoms with Gasteiger partial charge in [0.2, 0.25) is 0 Å². The van der Waals surface area contributed by atoms with Crippen LogP contribution in [0.4, 0.5) is 4.39 Å². The van der Waals surface area contributed by atoms with Crippen molar-refractivity contribution < 1.29 is 23.8 Å². The molecule has 2 aliphatic heterocycles. The highest BCUT2D eigenvalue weighted by Crippen LogP contribution is 2.34. The lowest BCUT2D eigenvalue weighted by Crippen LogP contribution is -2.58. The molecule has 2 aliphatic rings. The van der Waals surface area contributed by atoms with Crippen molar-refractivity contribution in [1.29, 1.82) is 0 Å². The Balaban J connectivity index is 1.57. The van der Waals surface area contributed by atoms with Crippen molar-refractivity contribution in [3.05, 3.63) is 30.1 Å². The van der Waals surface area contributed by atoms with Crippen LogP contribution in [-0.4, -0.2) is 53.9 Å². The molecule has 0 aliphatic carbocycles. The van der Waals surface area contributed by atoms with E-state index >= 15 is 0 Å². The van der Waals surface area contributed by atoms with Gasteiger partial charge in [0.15, 0.2) is 6.61 Å². The van der Waals surface area contributed by atoms with Crippen LogP contribution in [0.15, 0.2) is 24.3 Å². The number of benzene rings is 1. The average Bonchev–Trinajstić information content (AvgIpc) is 2.99. The van der Waals surface area contributed by atoms with E-state index in [1.54, 1.807) is 4.90 Å². The van der Waals surface area contributed by atoms with Crippen LogP contribution in [0.5, 0.6) is 5.75 Å². The first-order valence-electron chi connectivity index (χ1n) is 7.57. The van der Waals surface area contributed by atoms with Gasteiger partial charge in [-0.1, -0.05) is 0 Å². The number of rotatable bonds is 3. The van der Waals surface area contributed by atoms with E-state index in [1.165, 1.54) is 24.3 Å². The lowest BCUT2D eigenvalue weighted by molar-refractivity contribution is -0.156. The predicted octanol–water partition coefficient (Wildman–Crippen LogP) is 1.35. The summed E-state index contributed by atoms with van der Waals surface area (Å²) in [4.78, 5) is 14.0. The van der Waals surface area contributed by atoms with Crippen molar-refractivity contribution in [2.75, 3.05) is 26.3 Å². The van der Waals surface area contributed by atoms with Crippen LogP contribution >= 0.6 is 0 Å². The number of piperidine rings is 1. The first kappa shape index (κ1) is 15.2. The summed E-state index contributed by atoms with van der Waals surface area (Å²) in [6.07, 6.45) is 1.68. The summed E-state index contributed by atoms with van der Waals surface area (Å²) in [6, 6.07) is 5.56. The molecule has 2 saturated heterocycles. The molecule has 2 fully saturated rings. The number of carbonyl (C=O) groups excluding carboxylic acids is 1. The first-order valence-corrected chi connectivity index (χ1v) is 7.57. The van der Waals surface area contributed by atoms with Gasteiger partial charge in [-0.25, -0.2) is 4.39 Å². The standard InChI is InChI=1S/C16H20FNO4/c17-12-2-4-13(5-3-12)21-10-15(20)18-8-6-14(19)16(11-18)7-1-9-22-16/h2-5,14,19H,1,6-11H2/t14-,16-/m0/s1. The Morgan fingerprint density at radius 3 is 2.91 bits per heavy atom. The molecule has 0 saturated carbocycles. The van der Waals surface area contributed by atoms with Gasteiger partial charge in [-0.15, -0.1) is 0 Å². The molecule has 2 heterocycles. The Morgan fingerprint density at radius 2 is 2.23 bits per heavy atom. The molecule has 120 valence electrons. The van der Waals surface area contributed by atoms with Gasteiger partial charge in [0.1, 0.15) is 17.2 Å². The molecule has 1 aromatic rings. The third-order valence-electron chi connectivity index (χ3n) is 4.40. The lowest BCUT2D eigenvalue weighted by atomic mass is 9.87. The fraction of sp³-hybridized carbons (Fsp3) is 0.562. The second-order valence-electron chi connectivity index (χ2n) is 5.88. The highest BCUT2D eigenvalue weighted by molar-refractivity contribution is 5.78. The van der Waals surface area contributed by atoms with Crippen molar-refractivity contribution in [2.24, 2.45) is 0 Å². The van der Waals surface area contributed by atoms with Crippen LogP contribution in [0.2, 0.25) is 0 Å². The fourth-order valence-corrected chi connectivity index (χ4v) is 3.14. The topological polar surface area (TPSA) is 59.0 Å². The minimum atomic E-state index is -0.607. The van der Waals surface area contributed by atoms with E-state index in [1.807, 2.05) is 0 Å². The van der Waals surface area contributed by atoms with Gasteiger partial charge in [-0.2, -0.15) is 0 Å². The van der Waals surface area contributed by atoms with E-state index in [-0.39, 0.29) is 18.3 Å². The van der Waals surface area contributed by atoms with Crippen LogP contribution in [0, 0.1) is 5.82 Å². The minimum Gasteiger partial charge on any atom is -0.484 e. The third kappa shape index (κ3) is 3.08. The molecule has 22 heavy (non-hydrogen) atoms. The summed E-state index contributed by atoms with van der Waals surface area (Å²) in [5.41, 5.74) is -0.607. The van der Waals surface area contributed by atoms with Crippen molar-refractivity contribution in [2.45, 2.75) is 31.0 Å². The molecule has 0 radical (unpaired) electrons. The maximum atomic E-state index is 12.8. The van der Waals surface area contributed by atoms with Gasteiger partial charge in [0, 0.05) is 13.2 Å². The van der Waals surface area contributed by atoms with Crippen molar-refractivity contribution in [1.82, 2.24) is 4.90 Å². The minimum absolute atomic E-state index is 0.0994. The number of nitrogens with zero attached hydrogens (tertiary/aromatic N) is 1. The van der Waals surface area contributed by atoms with E-state index in [2.05, 4.69) is 0 Å². The maximum absolute atomic E-state index is 12.8. The number of halogens is 1. The predicted molar refractivity (Wildman–Crippen MR) is 77.0 cm³/mol. The second-order valence-corrected chi connectivity index (χ2v) is 5.88. The van der Waals surface area contributed by atoms with Crippen LogP contribution < -0.4 is 4.74 Å². The molecule has 0 bridgehead atoms. The largest absolute Gasteiger partial charge is 0.484 e. The second kappa shape index (κ2) is 6.22. The zero-order chi connectivity index (χ0) is 15.6. The molecular weight excluding hydrogens is 289 g/mol. The summed E-state index contributed by atoms with van der Waals surface area (Å²) in [5.74, 6) is -0.0336. The quantitative estimate of drug-likeness (QED) is 0.915. The van der Waals surface area contributed by atoms with E-state index in [0.29, 0.717) is 31.9 Å². The Morgan fingerprint density at radius 1 is 1.45 bits per heavy atom. The normalized spacial score (nSPS) is 28.1. The van der Waals surface area contributed by atoms with Gasteiger partial charge in [0.05, 0.1) is 12.6 Å². The third-order valence-corrected chi connectivity index (χ3v) is 4.40. The molecule has 0 aromatic heterocycles. The number of aliphatic hydroxyl groups excluding tert-OH is 1. The van der Waals surface area contributed by atoms with Gasteiger partial charge in [-0.05, 0) is 43.5 Å². The van der Waals surface area contributed by atoms with Crippen LogP contribution in [0.25, 0.3) is 0 Å². The number of likely N-dealkylation sites (tertiary alicyclic amines) is 1. The summed E-state index contributed by atoms with van der Waals surface area (Å²) in [7, 11) is 0. The molecule has 1 aromatic carbocycles. The number of carbonyl (C=O) groups is 1. The molecule has 1 amide bonds. The van der Waals surface area contributed by atoms with E-state index in [0.717, 1.165) is 12.8 Å². The SMILES string of the molecule is O=C(COc1ccc(F)cc1)N1CC[C@H](O)[C@]2(CCCO2)C1. The Kier molecular flexibility index (Phi) is 4.31. The van der Waals surface area contributed by atoms with Crippen molar-refractivity contribution in [3.63, 3.8) is 0 Å². The number of hydrogen-bond acceptors (Lipinski definition) is 4. The molecule has 2 atom stereocenters. The fourth-order valence-electron chi connectivity index (χ4n) is 3.14. The lowest BCUT2D eigenvalue weighted by Gasteiger charge is -2.43. The number of amides is 1. The summed E-state index contributed by atoms with van der Waals surface area (Å²) >= 11 is 0. The maximum Gasteiger partial charge on any atom is 0.260 e. The van der Waals surface area contributed by atoms with Gasteiger partial charge >= 0.3 is 0 Å². The summed E-state index contributed by atoms with van der Waals surface area (Å²) in [5, 5.41) is 10.2. The number of aliphatic hydroxyl groups is 1. The highest BCUT2D eigenvalue weighted by Gasteiger charge is 2.47. The molecule has 1 N–H and O–H groups in total. The Bertz CT molecular complexity index is 527. The number of hydrogen-bond donors (Lipinski definition) is 1. The van der Waals surface area contributed by atoms with Gasteiger partial charge in [-0.3, -0.25) is 4.79 Å². The Labute approximate surface area is 128 Å². The average molecular weight is 309 g/mol. The smallest absolute Gasteiger partial charge is 0.260 e. The van der Waals surface area contributed by atoms with Crippen molar-refractivity contribution in [3.8, 4) is 5.75 Å². The molecule has 1 spiro atoms. The van der Waals surface area contributed by atoms with Crippen molar-refractivity contribution >= 4 is 5.91 Å². The van der Waals surface area contributed by atoms with Gasteiger partial charge in [0.25, 0.3) is 5.91 Å². The monoisotopic (exact) mass is 309 g/mol. The van der Waals surface area contributed by atoms with Crippen LogP contribution in [0.1, 0.15) is 19.3 Å². The van der Waals surface area contributed by atoms with E-state index in [4.69, 9.17) is 9.47 Å². The van der Waals surface area contributed by atoms with Crippen LogP contribution in [-0.2, 0) is 9.53 Å². The molecule has 6 heteroatoms. The molecule has 0 unspecified atom stereocenters. The van der Waals surface area contributed by atoms with E-state index < -0.39 is 11.7 Å². The Hall–Kier alpha value is -1.66. The summed E-state index contributed by atoms with van der Waals surface area (Å²) < 4.78 is 23.9. The number of ether oxygens (including phenoxy) is 2. The first-order chi connectivity index (χ1) is 10.6. The zero-order valence-electron chi connectivity index (χ0n) is 12.3. The highest BCUT2D eigenvalue weighted by atomic mass is 19.1. The zero-order valence-corrected chi connectivity index (χ0v) is 12.3.